The second-order valence-electron chi connectivity index (χ2n) is 11.4. The van der Waals surface area contributed by atoms with Gasteiger partial charge in [-0.2, -0.15) is 0 Å². The van der Waals surface area contributed by atoms with Crippen LogP contribution in [0.1, 0.15) is 124 Å². The molecule has 0 aromatic heterocycles. The minimum atomic E-state index is -2.22. The molecule has 4 nitrogen and oxygen atoms in total. The molecule has 0 spiro atoms. The average molecular weight is 515 g/mol. The summed E-state index contributed by atoms with van der Waals surface area (Å²) < 4.78 is 25.4. The van der Waals surface area contributed by atoms with Crippen LogP contribution in [0, 0.1) is 5.92 Å². The Bertz CT molecular complexity index is 559. The summed E-state index contributed by atoms with van der Waals surface area (Å²) in [5, 5.41) is 0.580. The topological polar surface area (TPSA) is 36.9 Å². The standard InChI is InChI=1S/C28H58O4Si2/c1-8-17-26(28(20-10-3)23-14-16-25-34(28,31-6)32-7)18-11-12-21-27(19-9-2)22-13-15-24-33(27,29-4)30-5/h26H,8-25H2,1-7H3. The molecule has 0 bridgehead atoms. The largest absolute Gasteiger partial charge is 0.397 e. The molecule has 6 heteroatoms. The van der Waals surface area contributed by atoms with E-state index in [1.165, 1.54) is 115 Å². The van der Waals surface area contributed by atoms with Crippen molar-refractivity contribution < 1.29 is 17.7 Å². The van der Waals surface area contributed by atoms with Crippen molar-refractivity contribution >= 4 is 17.1 Å². The highest BCUT2D eigenvalue weighted by molar-refractivity contribution is 6.71. The first-order valence-electron chi connectivity index (χ1n) is 14.7. The van der Waals surface area contributed by atoms with Crippen molar-refractivity contribution in [3.05, 3.63) is 0 Å². The van der Waals surface area contributed by atoms with E-state index >= 15 is 0 Å². The van der Waals surface area contributed by atoms with E-state index in [9.17, 15) is 0 Å². The third-order valence-electron chi connectivity index (χ3n) is 9.98. The minimum Gasteiger partial charge on any atom is -0.397 e. The molecular formula is C28H58O4Si2. The lowest BCUT2D eigenvalue weighted by molar-refractivity contribution is 0.127. The summed E-state index contributed by atoms with van der Waals surface area (Å²) in [4.78, 5) is 0. The Labute approximate surface area is 214 Å². The zero-order valence-corrected chi connectivity index (χ0v) is 25.9. The zero-order valence-electron chi connectivity index (χ0n) is 23.9. The van der Waals surface area contributed by atoms with Crippen LogP contribution in [0.5, 0.6) is 0 Å². The normalized spacial score (nSPS) is 29.7. The van der Waals surface area contributed by atoms with Gasteiger partial charge in [-0.25, -0.2) is 0 Å². The second-order valence-corrected chi connectivity index (χ2v) is 19.1. The Morgan fingerprint density at radius 1 is 0.618 bits per heavy atom. The third-order valence-corrected chi connectivity index (χ3v) is 19.4. The molecule has 3 unspecified atom stereocenters. The summed E-state index contributed by atoms with van der Waals surface area (Å²) in [7, 11) is 3.39. The van der Waals surface area contributed by atoms with Crippen LogP contribution in [0.25, 0.3) is 0 Å². The van der Waals surface area contributed by atoms with Gasteiger partial charge in [-0.3, -0.25) is 0 Å². The number of unbranched alkanes of at least 4 members (excludes halogenated alkanes) is 1. The molecule has 2 saturated heterocycles. The first-order chi connectivity index (χ1) is 16.4. The molecule has 2 rings (SSSR count). The highest BCUT2D eigenvalue weighted by Crippen LogP contribution is 2.61. The molecule has 0 radical (unpaired) electrons. The predicted octanol–water partition coefficient (Wildman–Crippen LogP) is 8.88. The zero-order chi connectivity index (χ0) is 25.1. The highest BCUT2D eigenvalue weighted by Gasteiger charge is 2.60. The van der Waals surface area contributed by atoms with Crippen molar-refractivity contribution in [1.82, 2.24) is 0 Å². The van der Waals surface area contributed by atoms with E-state index in [2.05, 4.69) is 20.8 Å². The van der Waals surface area contributed by atoms with Gasteiger partial charge in [0.1, 0.15) is 0 Å². The molecule has 2 aliphatic heterocycles. The number of hydrogen-bond donors (Lipinski definition) is 0. The van der Waals surface area contributed by atoms with Crippen molar-refractivity contribution in [2.75, 3.05) is 28.4 Å². The maximum absolute atomic E-state index is 6.42. The lowest BCUT2D eigenvalue weighted by atomic mass is 9.77. The van der Waals surface area contributed by atoms with Crippen LogP contribution in [0.15, 0.2) is 0 Å². The van der Waals surface area contributed by atoms with Gasteiger partial charge in [0.15, 0.2) is 0 Å². The summed E-state index contributed by atoms with van der Waals surface area (Å²) in [6.07, 6.45) is 20.7. The van der Waals surface area contributed by atoms with Gasteiger partial charge in [0, 0.05) is 38.5 Å². The van der Waals surface area contributed by atoms with Gasteiger partial charge in [-0.1, -0.05) is 91.4 Å². The van der Waals surface area contributed by atoms with Gasteiger partial charge in [0.05, 0.1) is 0 Å². The molecule has 0 aromatic rings. The Morgan fingerprint density at radius 3 is 1.76 bits per heavy atom. The Kier molecular flexibility index (Phi) is 12.8. The molecule has 34 heavy (non-hydrogen) atoms. The maximum atomic E-state index is 6.42. The lowest BCUT2D eigenvalue weighted by Gasteiger charge is -2.54. The Hall–Kier alpha value is 0.274. The molecule has 2 fully saturated rings. The van der Waals surface area contributed by atoms with Crippen molar-refractivity contribution in [2.45, 2.75) is 146 Å². The first kappa shape index (κ1) is 30.5. The first-order valence-corrected chi connectivity index (χ1v) is 18.7. The summed E-state index contributed by atoms with van der Waals surface area (Å²) in [6.45, 7) is 7.07. The van der Waals surface area contributed by atoms with Gasteiger partial charge in [0.25, 0.3) is 0 Å². The predicted molar refractivity (Wildman–Crippen MR) is 149 cm³/mol. The molecule has 0 aromatic carbocycles. The average Bonchev–Trinajstić information content (AvgIpc) is 2.87. The van der Waals surface area contributed by atoms with Crippen LogP contribution in [-0.4, -0.2) is 45.6 Å². The number of rotatable bonds is 16. The van der Waals surface area contributed by atoms with E-state index in [-0.39, 0.29) is 5.04 Å². The third kappa shape index (κ3) is 5.88. The van der Waals surface area contributed by atoms with Crippen LogP contribution in [0.2, 0.25) is 22.2 Å². The van der Waals surface area contributed by atoms with E-state index in [0.717, 1.165) is 5.92 Å². The fourth-order valence-electron chi connectivity index (χ4n) is 8.54. The van der Waals surface area contributed by atoms with Crippen LogP contribution in [0.4, 0.5) is 0 Å². The van der Waals surface area contributed by atoms with Crippen LogP contribution >= 0.6 is 0 Å². The fourth-order valence-corrected chi connectivity index (χ4v) is 17.7. The molecule has 202 valence electrons. The van der Waals surface area contributed by atoms with Gasteiger partial charge < -0.3 is 17.7 Å². The SMILES string of the molecule is CCCC(CCCCC1(CCC)CCCC[Si]1(OC)OC)C1(CCC)CCCC[Si]1(OC)OC. The summed E-state index contributed by atoms with van der Waals surface area (Å²) in [6, 6.07) is 2.35. The molecule has 3 atom stereocenters. The van der Waals surface area contributed by atoms with E-state index in [1.54, 1.807) is 0 Å². The highest BCUT2D eigenvalue weighted by atomic mass is 28.4. The Morgan fingerprint density at radius 2 is 1.21 bits per heavy atom. The van der Waals surface area contributed by atoms with Crippen molar-refractivity contribution in [3.8, 4) is 0 Å². The van der Waals surface area contributed by atoms with E-state index in [0.29, 0.717) is 5.04 Å². The molecule has 0 aliphatic carbocycles. The molecule has 2 heterocycles. The van der Waals surface area contributed by atoms with Crippen LogP contribution in [0.3, 0.4) is 0 Å². The number of hydrogen-bond acceptors (Lipinski definition) is 4. The van der Waals surface area contributed by atoms with Crippen molar-refractivity contribution in [2.24, 2.45) is 5.92 Å². The van der Waals surface area contributed by atoms with E-state index in [4.69, 9.17) is 17.7 Å². The summed E-state index contributed by atoms with van der Waals surface area (Å²) >= 11 is 0. The maximum Gasteiger partial charge on any atom is 0.344 e. The summed E-state index contributed by atoms with van der Waals surface area (Å²) in [5.41, 5.74) is 0. The van der Waals surface area contributed by atoms with Gasteiger partial charge in [-0.05, 0) is 50.1 Å². The van der Waals surface area contributed by atoms with Crippen molar-refractivity contribution in [1.29, 1.82) is 0 Å². The van der Waals surface area contributed by atoms with Gasteiger partial charge >= 0.3 is 17.1 Å². The second kappa shape index (κ2) is 14.3. The molecule has 2 aliphatic rings. The molecule has 0 saturated carbocycles. The molecular weight excluding hydrogens is 456 g/mol. The fraction of sp³-hybridized carbons (Fsp3) is 1.00. The van der Waals surface area contributed by atoms with Gasteiger partial charge in [-0.15, -0.1) is 0 Å². The molecule has 0 N–H and O–H groups in total. The summed E-state index contributed by atoms with van der Waals surface area (Å²) in [5.74, 6) is 0.727. The smallest absolute Gasteiger partial charge is 0.344 e. The monoisotopic (exact) mass is 514 g/mol. The molecule has 0 amide bonds. The van der Waals surface area contributed by atoms with E-state index < -0.39 is 17.1 Å². The van der Waals surface area contributed by atoms with Crippen LogP contribution in [-0.2, 0) is 17.7 Å². The quantitative estimate of drug-likeness (QED) is 0.152. The minimum absolute atomic E-state index is 0.281. The van der Waals surface area contributed by atoms with Gasteiger partial charge in [0.2, 0.25) is 0 Å². The van der Waals surface area contributed by atoms with Crippen LogP contribution < -0.4 is 0 Å². The lowest BCUT2D eigenvalue weighted by Crippen LogP contribution is -2.57. The Balaban J connectivity index is 2.19. The van der Waals surface area contributed by atoms with E-state index in [1.807, 2.05) is 28.4 Å². The van der Waals surface area contributed by atoms with Crippen molar-refractivity contribution in [3.63, 3.8) is 0 Å².